The largest absolute Gasteiger partial charge is 0.462 e. The first-order chi connectivity index (χ1) is 17.5. The number of hydrogen-bond donors (Lipinski definition) is 1. The van der Waals surface area contributed by atoms with E-state index in [4.69, 9.17) is 19.3 Å². The Kier molecular flexibility index (Phi) is 25.2. The van der Waals surface area contributed by atoms with Crippen molar-refractivity contribution in [1.29, 1.82) is 0 Å². The number of ether oxygens (including phenoxy) is 3. The van der Waals surface area contributed by atoms with Gasteiger partial charge in [-0.3, -0.25) is 14.4 Å². The van der Waals surface area contributed by atoms with Crippen molar-refractivity contribution in [3.8, 4) is 0 Å². The van der Waals surface area contributed by atoms with Crippen LogP contribution in [0.4, 0.5) is 0 Å². The maximum Gasteiger partial charge on any atom is 0.306 e. The van der Waals surface area contributed by atoms with E-state index in [9.17, 15) is 14.4 Å². The molecule has 0 saturated carbocycles. The van der Waals surface area contributed by atoms with E-state index in [1.807, 2.05) is 0 Å². The highest BCUT2D eigenvalue weighted by atomic mass is 16.6. The predicted molar refractivity (Wildman–Crippen MR) is 143 cm³/mol. The lowest BCUT2D eigenvalue weighted by atomic mass is 10.1. The van der Waals surface area contributed by atoms with Crippen molar-refractivity contribution in [2.45, 2.75) is 148 Å². The monoisotopic (exact) mass is 514 g/mol. The van der Waals surface area contributed by atoms with E-state index in [1.165, 1.54) is 6.42 Å². The Labute approximate surface area is 220 Å². The van der Waals surface area contributed by atoms with E-state index in [-0.39, 0.29) is 37.7 Å². The number of unbranched alkanes of at least 4 members (excludes halogenated alkanes) is 14. The van der Waals surface area contributed by atoms with Crippen molar-refractivity contribution >= 4 is 17.9 Å². The first kappa shape index (κ1) is 34.4. The van der Waals surface area contributed by atoms with Gasteiger partial charge in [0.2, 0.25) is 0 Å². The van der Waals surface area contributed by atoms with Crippen LogP contribution < -0.4 is 0 Å². The van der Waals surface area contributed by atoms with Gasteiger partial charge in [-0.1, -0.05) is 97.3 Å². The molecule has 0 aromatic carbocycles. The Morgan fingerprint density at radius 1 is 0.528 bits per heavy atom. The molecular formula is C29H54O7. The second-order valence-electron chi connectivity index (χ2n) is 9.75. The van der Waals surface area contributed by atoms with Crippen LogP contribution in [0.3, 0.4) is 0 Å². The van der Waals surface area contributed by atoms with Crippen LogP contribution in [-0.2, 0) is 28.6 Å². The molecule has 212 valence electrons. The summed E-state index contributed by atoms with van der Waals surface area (Å²) >= 11 is 0. The molecule has 0 heterocycles. The lowest BCUT2D eigenvalue weighted by Gasteiger charge is -2.18. The second kappa shape index (κ2) is 26.4. The van der Waals surface area contributed by atoms with Gasteiger partial charge in [-0.05, 0) is 25.7 Å². The summed E-state index contributed by atoms with van der Waals surface area (Å²) in [5.74, 6) is -0.972. The van der Waals surface area contributed by atoms with Crippen molar-refractivity contribution in [3.63, 3.8) is 0 Å². The fourth-order valence-electron chi connectivity index (χ4n) is 3.89. The van der Waals surface area contributed by atoms with Gasteiger partial charge in [0.05, 0.1) is 0 Å². The maximum atomic E-state index is 12.3. The smallest absolute Gasteiger partial charge is 0.306 e. The molecule has 1 unspecified atom stereocenters. The molecule has 0 saturated heterocycles. The van der Waals surface area contributed by atoms with Crippen LogP contribution in [0.15, 0.2) is 0 Å². The zero-order valence-corrected chi connectivity index (χ0v) is 23.2. The average Bonchev–Trinajstić information content (AvgIpc) is 2.87. The first-order valence-electron chi connectivity index (χ1n) is 14.6. The molecule has 0 aliphatic rings. The van der Waals surface area contributed by atoms with Gasteiger partial charge >= 0.3 is 17.9 Å². The van der Waals surface area contributed by atoms with Crippen LogP contribution in [-0.4, -0.2) is 48.9 Å². The van der Waals surface area contributed by atoms with E-state index >= 15 is 0 Å². The van der Waals surface area contributed by atoms with E-state index in [1.54, 1.807) is 0 Å². The van der Waals surface area contributed by atoms with Gasteiger partial charge in [0, 0.05) is 25.9 Å². The van der Waals surface area contributed by atoms with Crippen LogP contribution in [0, 0.1) is 0 Å². The molecule has 0 aromatic rings. The molecule has 36 heavy (non-hydrogen) atoms. The fourth-order valence-corrected chi connectivity index (χ4v) is 3.89. The summed E-state index contributed by atoms with van der Waals surface area (Å²) in [6.07, 6.45) is 17.5. The van der Waals surface area contributed by atoms with Crippen LogP contribution in [0.5, 0.6) is 0 Å². The molecular weight excluding hydrogens is 460 g/mol. The molecule has 7 nitrogen and oxygen atoms in total. The van der Waals surface area contributed by atoms with Gasteiger partial charge in [0.25, 0.3) is 0 Å². The summed E-state index contributed by atoms with van der Waals surface area (Å²) in [4.78, 5) is 36.5. The highest BCUT2D eigenvalue weighted by Gasteiger charge is 2.19. The molecule has 0 radical (unpaired) electrons. The molecule has 1 atom stereocenters. The standard InChI is InChI=1S/C29H54O7/c1-3-5-7-12-16-20-27(31)34-24-26(36-29(33)22-18-13-8-6-4-2)25-35-28(32)21-17-14-10-9-11-15-19-23-30/h26,30H,3-25H2,1-2H3. The molecule has 1 N–H and O–H groups in total. The minimum Gasteiger partial charge on any atom is -0.462 e. The van der Waals surface area contributed by atoms with Gasteiger partial charge < -0.3 is 19.3 Å². The Morgan fingerprint density at radius 3 is 1.31 bits per heavy atom. The van der Waals surface area contributed by atoms with Gasteiger partial charge in [0.15, 0.2) is 6.10 Å². The molecule has 0 aliphatic carbocycles. The number of rotatable bonds is 26. The van der Waals surface area contributed by atoms with Crippen molar-refractivity contribution in [1.82, 2.24) is 0 Å². The number of carbonyl (C=O) groups excluding carboxylic acids is 3. The first-order valence-corrected chi connectivity index (χ1v) is 14.6. The minimum atomic E-state index is -0.771. The number of aliphatic hydroxyl groups excluding tert-OH is 1. The lowest BCUT2D eigenvalue weighted by molar-refractivity contribution is -0.167. The molecule has 0 aliphatic heterocycles. The van der Waals surface area contributed by atoms with Crippen LogP contribution >= 0.6 is 0 Å². The highest BCUT2D eigenvalue weighted by molar-refractivity contribution is 5.71. The van der Waals surface area contributed by atoms with Crippen LogP contribution in [0.25, 0.3) is 0 Å². The van der Waals surface area contributed by atoms with Gasteiger partial charge in [-0.25, -0.2) is 0 Å². The molecule has 0 amide bonds. The van der Waals surface area contributed by atoms with Crippen LogP contribution in [0.1, 0.15) is 142 Å². The van der Waals surface area contributed by atoms with Crippen molar-refractivity contribution in [2.24, 2.45) is 0 Å². The van der Waals surface area contributed by atoms with Crippen LogP contribution in [0.2, 0.25) is 0 Å². The average molecular weight is 515 g/mol. The van der Waals surface area contributed by atoms with Crippen molar-refractivity contribution < 1.29 is 33.7 Å². The normalized spacial score (nSPS) is 11.8. The van der Waals surface area contributed by atoms with Crippen molar-refractivity contribution in [3.05, 3.63) is 0 Å². The van der Waals surface area contributed by atoms with Gasteiger partial charge in [-0.2, -0.15) is 0 Å². The summed E-state index contributed by atoms with van der Waals surface area (Å²) in [6.45, 7) is 4.37. The van der Waals surface area contributed by atoms with E-state index in [0.717, 1.165) is 103 Å². The second-order valence-corrected chi connectivity index (χ2v) is 9.75. The Morgan fingerprint density at radius 2 is 0.889 bits per heavy atom. The van der Waals surface area contributed by atoms with Gasteiger partial charge in [0.1, 0.15) is 13.2 Å². The molecule has 0 spiro atoms. The minimum absolute atomic E-state index is 0.0868. The third-order valence-corrected chi connectivity index (χ3v) is 6.17. The third kappa shape index (κ3) is 24.1. The highest BCUT2D eigenvalue weighted by Crippen LogP contribution is 2.11. The number of esters is 3. The van der Waals surface area contributed by atoms with E-state index < -0.39 is 6.10 Å². The molecule has 0 aromatic heterocycles. The Hall–Kier alpha value is -1.63. The zero-order valence-electron chi connectivity index (χ0n) is 23.2. The van der Waals surface area contributed by atoms with Crippen molar-refractivity contribution in [2.75, 3.05) is 19.8 Å². The Balaban J connectivity index is 4.32. The number of aliphatic hydroxyl groups is 1. The van der Waals surface area contributed by atoms with Gasteiger partial charge in [-0.15, -0.1) is 0 Å². The fraction of sp³-hybridized carbons (Fsp3) is 0.897. The summed E-state index contributed by atoms with van der Waals surface area (Å²) in [6, 6.07) is 0. The summed E-state index contributed by atoms with van der Waals surface area (Å²) in [5, 5.41) is 8.79. The Bertz CT molecular complexity index is 536. The summed E-state index contributed by atoms with van der Waals surface area (Å²) < 4.78 is 16.2. The number of hydrogen-bond acceptors (Lipinski definition) is 7. The summed E-state index contributed by atoms with van der Waals surface area (Å²) in [5.41, 5.74) is 0. The maximum absolute atomic E-state index is 12.3. The molecule has 0 bridgehead atoms. The molecule has 7 heteroatoms. The predicted octanol–water partition coefficient (Wildman–Crippen LogP) is 6.82. The SMILES string of the molecule is CCCCCCCC(=O)OCC(COC(=O)CCCCCCCCCO)OC(=O)CCCCCCC. The molecule has 0 fully saturated rings. The number of carbonyl (C=O) groups is 3. The van der Waals surface area contributed by atoms with E-state index in [0.29, 0.717) is 19.3 Å². The molecule has 0 rings (SSSR count). The summed E-state index contributed by atoms with van der Waals surface area (Å²) in [7, 11) is 0. The topological polar surface area (TPSA) is 99.1 Å². The van der Waals surface area contributed by atoms with E-state index in [2.05, 4.69) is 13.8 Å². The zero-order chi connectivity index (χ0) is 26.7. The lowest BCUT2D eigenvalue weighted by Crippen LogP contribution is -2.30. The third-order valence-electron chi connectivity index (χ3n) is 6.17. The quantitative estimate of drug-likeness (QED) is 0.0768.